The first-order valence-electron chi connectivity index (χ1n) is 7.16. The maximum absolute atomic E-state index is 12.5. The van der Waals surface area contributed by atoms with Crippen molar-refractivity contribution in [2.24, 2.45) is 0 Å². The third-order valence-electron chi connectivity index (χ3n) is 3.68. The van der Waals surface area contributed by atoms with Crippen LogP contribution in [-0.2, 0) is 0 Å². The number of nitrogens with one attached hydrogen (secondary N) is 1. The molecule has 0 aliphatic rings. The van der Waals surface area contributed by atoms with Crippen molar-refractivity contribution in [3.05, 3.63) is 70.2 Å². The van der Waals surface area contributed by atoms with E-state index in [2.05, 4.69) is 10.3 Å². The van der Waals surface area contributed by atoms with Crippen LogP contribution < -0.4 is 5.32 Å². The zero-order valence-electron chi connectivity index (χ0n) is 12.2. The topological polar surface area (TPSA) is 42.0 Å². The Hall–Kier alpha value is -2.14. The van der Waals surface area contributed by atoms with E-state index < -0.39 is 0 Å². The normalized spacial score (nSPS) is 11.1. The van der Waals surface area contributed by atoms with Gasteiger partial charge in [0, 0.05) is 5.56 Å². The van der Waals surface area contributed by atoms with Crippen molar-refractivity contribution in [1.82, 2.24) is 4.98 Å². The van der Waals surface area contributed by atoms with E-state index in [0.29, 0.717) is 26.3 Å². The maximum Gasteiger partial charge on any atom is 0.257 e. The monoisotopic (exact) mass is 372 g/mol. The van der Waals surface area contributed by atoms with Crippen molar-refractivity contribution in [3.63, 3.8) is 0 Å². The summed E-state index contributed by atoms with van der Waals surface area (Å²) in [5.41, 5.74) is 1.18. The molecule has 1 aromatic heterocycles. The molecule has 0 fully saturated rings. The standard InChI is InChI=1S/C18H10Cl2N2OS/c19-13-7-8-14-16(15(13)20)21-18(24-14)22-17(23)12-6-5-10-3-1-2-4-11(10)9-12/h1-9H,(H,21,22,23). The second-order valence-electron chi connectivity index (χ2n) is 5.24. The number of fused-ring (bicyclic) bond motifs is 2. The first kappa shape index (κ1) is 15.4. The van der Waals surface area contributed by atoms with E-state index in [1.165, 1.54) is 11.3 Å². The van der Waals surface area contributed by atoms with E-state index in [-0.39, 0.29) is 5.91 Å². The van der Waals surface area contributed by atoms with Crippen LogP contribution in [0.15, 0.2) is 54.6 Å². The van der Waals surface area contributed by atoms with Gasteiger partial charge in [0.1, 0.15) is 5.52 Å². The number of carbonyl (C=O) groups excluding carboxylic acids is 1. The summed E-state index contributed by atoms with van der Waals surface area (Å²) in [5.74, 6) is -0.206. The zero-order chi connectivity index (χ0) is 16.7. The first-order valence-corrected chi connectivity index (χ1v) is 8.74. The van der Waals surface area contributed by atoms with E-state index in [9.17, 15) is 4.79 Å². The Morgan fingerprint density at radius 1 is 1.00 bits per heavy atom. The lowest BCUT2D eigenvalue weighted by molar-refractivity contribution is 0.102. The molecule has 0 aliphatic carbocycles. The van der Waals surface area contributed by atoms with Gasteiger partial charge in [-0.05, 0) is 35.0 Å². The summed E-state index contributed by atoms with van der Waals surface area (Å²) in [6.07, 6.45) is 0. The highest BCUT2D eigenvalue weighted by atomic mass is 35.5. The summed E-state index contributed by atoms with van der Waals surface area (Å²) in [7, 11) is 0. The summed E-state index contributed by atoms with van der Waals surface area (Å²) in [6, 6.07) is 17.1. The Morgan fingerprint density at radius 3 is 2.62 bits per heavy atom. The first-order chi connectivity index (χ1) is 11.6. The number of aromatic nitrogens is 1. The maximum atomic E-state index is 12.5. The van der Waals surface area contributed by atoms with Crippen molar-refractivity contribution in [2.75, 3.05) is 5.32 Å². The van der Waals surface area contributed by atoms with Gasteiger partial charge in [-0.1, -0.05) is 64.9 Å². The van der Waals surface area contributed by atoms with Crippen molar-refractivity contribution in [2.45, 2.75) is 0 Å². The van der Waals surface area contributed by atoms with Crippen molar-refractivity contribution in [1.29, 1.82) is 0 Å². The lowest BCUT2D eigenvalue weighted by Crippen LogP contribution is -2.11. The van der Waals surface area contributed by atoms with E-state index >= 15 is 0 Å². The highest BCUT2D eigenvalue weighted by Gasteiger charge is 2.13. The van der Waals surface area contributed by atoms with Gasteiger partial charge < -0.3 is 0 Å². The third kappa shape index (κ3) is 2.73. The van der Waals surface area contributed by atoms with Crippen molar-refractivity contribution in [3.8, 4) is 0 Å². The molecule has 118 valence electrons. The Balaban J connectivity index is 1.66. The highest BCUT2D eigenvalue weighted by Crippen LogP contribution is 2.35. The van der Waals surface area contributed by atoms with Gasteiger partial charge >= 0.3 is 0 Å². The van der Waals surface area contributed by atoms with Gasteiger partial charge in [-0.3, -0.25) is 10.1 Å². The summed E-state index contributed by atoms with van der Waals surface area (Å²) in [4.78, 5) is 16.9. The number of amides is 1. The van der Waals surface area contributed by atoms with Crippen LogP contribution in [0.25, 0.3) is 21.0 Å². The third-order valence-corrected chi connectivity index (χ3v) is 5.41. The predicted octanol–water partition coefficient (Wildman–Crippen LogP) is 6.01. The molecule has 4 rings (SSSR count). The molecule has 3 nitrogen and oxygen atoms in total. The summed E-state index contributed by atoms with van der Waals surface area (Å²) >= 11 is 13.5. The number of carbonyl (C=O) groups is 1. The molecule has 0 spiro atoms. The number of thiazole rings is 1. The van der Waals surface area contributed by atoms with Crippen molar-refractivity contribution >= 4 is 66.6 Å². The quantitative estimate of drug-likeness (QED) is 0.468. The molecule has 0 atom stereocenters. The number of benzene rings is 3. The van der Waals surface area contributed by atoms with E-state index in [1.54, 1.807) is 12.1 Å². The minimum Gasteiger partial charge on any atom is -0.298 e. The van der Waals surface area contributed by atoms with Crippen LogP contribution in [0.2, 0.25) is 10.0 Å². The molecule has 0 bridgehead atoms. The van der Waals surface area contributed by atoms with Crippen LogP contribution in [0.4, 0.5) is 5.13 Å². The smallest absolute Gasteiger partial charge is 0.257 e. The van der Waals surface area contributed by atoms with Crippen LogP contribution >= 0.6 is 34.5 Å². The molecule has 0 saturated carbocycles. The minimum absolute atomic E-state index is 0.206. The van der Waals surface area contributed by atoms with Gasteiger partial charge in [-0.25, -0.2) is 4.98 Å². The second kappa shape index (κ2) is 6.06. The minimum atomic E-state index is -0.206. The summed E-state index contributed by atoms with van der Waals surface area (Å²) in [6.45, 7) is 0. The van der Waals surface area contributed by atoms with Gasteiger partial charge in [-0.15, -0.1) is 0 Å². The number of hydrogen-bond donors (Lipinski definition) is 1. The average molecular weight is 373 g/mol. The molecule has 3 aromatic carbocycles. The average Bonchev–Trinajstić information content (AvgIpc) is 3.01. The fourth-order valence-electron chi connectivity index (χ4n) is 2.49. The zero-order valence-corrected chi connectivity index (χ0v) is 14.5. The number of rotatable bonds is 2. The molecule has 24 heavy (non-hydrogen) atoms. The molecule has 1 heterocycles. The molecule has 0 radical (unpaired) electrons. The SMILES string of the molecule is O=C(Nc1nc2c(Cl)c(Cl)ccc2s1)c1ccc2ccccc2c1. The Morgan fingerprint density at radius 2 is 1.79 bits per heavy atom. The fourth-order valence-corrected chi connectivity index (χ4v) is 3.78. The van der Waals surface area contributed by atoms with Crippen LogP contribution in [-0.4, -0.2) is 10.9 Å². The number of halogens is 2. The molecule has 1 N–H and O–H groups in total. The predicted molar refractivity (Wildman–Crippen MR) is 102 cm³/mol. The van der Waals surface area contributed by atoms with E-state index in [4.69, 9.17) is 23.2 Å². The number of hydrogen-bond acceptors (Lipinski definition) is 3. The Labute approximate surface area is 151 Å². The summed E-state index contributed by atoms with van der Waals surface area (Å²) < 4.78 is 0.873. The molecular weight excluding hydrogens is 363 g/mol. The van der Waals surface area contributed by atoms with Crippen LogP contribution in [0.3, 0.4) is 0 Å². The van der Waals surface area contributed by atoms with Crippen LogP contribution in [0.5, 0.6) is 0 Å². The van der Waals surface area contributed by atoms with E-state index in [0.717, 1.165) is 15.5 Å². The molecule has 0 unspecified atom stereocenters. The summed E-state index contributed by atoms with van der Waals surface area (Å²) in [5, 5.41) is 6.28. The molecule has 6 heteroatoms. The molecule has 0 saturated heterocycles. The van der Waals surface area contributed by atoms with Gasteiger partial charge in [0.2, 0.25) is 0 Å². The molecular formula is C18H10Cl2N2OS. The van der Waals surface area contributed by atoms with Crippen LogP contribution in [0.1, 0.15) is 10.4 Å². The van der Waals surface area contributed by atoms with Gasteiger partial charge in [-0.2, -0.15) is 0 Å². The molecule has 0 aliphatic heterocycles. The lowest BCUT2D eigenvalue weighted by atomic mass is 10.1. The molecule has 1 amide bonds. The van der Waals surface area contributed by atoms with Gasteiger partial charge in [0.15, 0.2) is 5.13 Å². The Bertz CT molecular complexity index is 1090. The van der Waals surface area contributed by atoms with Gasteiger partial charge in [0.25, 0.3) is 5.91 Å². The molecule has 4 aromatic rings. The second-order valence-corrected chi connectivity index (χ2v) is 7.06. The van der Waals surface area contributed by atoms with Gasteiger partial charge in [0.05, 0.1) is 14.7 Å². The highest BCUT2D eigenvalue weighted by molar-refractivity contribution is 7.22. The largest absolute Gasteiger partial charge is 0.298 e. The van der Waals surface area contributed by atoms with E-state index in [1.807, 2.05) is 42.5 Å². The Kier molecular flexibility index (Phi) is 3.88. The number of nitrogens with zero attached hydrogens (tertiary/aromatic N) is 1. The fraction of sp³-hybridized carbons (Fsp3) is 0. The number of anilines is 1. The van der Waals surface area contributed by atoms with Crippen LogP contribution in [0, 0.1) is 0 Å². The lowest BCUT2D eigenvalue weighted by Gasteiger charge is -2.03. The van der Waals surface area contributed by atoms with Crippen molar-refractivity contribution < 1.29 is 4.79 Å².